The molecule has 0 heterocycles. The zero-order valence-electron chi connectivity index (χ0n) is 39.9. The Balaban J connectivity index is 4.40. The van der Waals surface area contributed by atoms with E-state index in [1.54, 1.807) is 0 Å². The van der Waals surface area contributed by atoms with E-state index in [-0.39, 0.29) is 31.1 Å². The van der Waals surface area contributed by atoms with Gasteiger partial charge in [0.2, 0.25) is 0 Å². The Labute approximate surface area is 376 Å². The predicted octanol–water partition coefficient (Wildman–Crippen LogP) is 16.6. The zero-order chi connectivity index (χ0) is 44.4. The van der Waals surface area contributed by atoms with Crippen molar-refractivity contribution in [3.8, 4) is 0 Å². The molecule has 0 aliphatic heterocycles. The summed E-state index contributed by atoms with van der Waals surface area (Å²) in [5.41, 5.74) is 0. The van der Waals surface area contributed by atoms with Crippen LogP contribution in [-0.4, -0.2) is 37.2 Å². The van der Waals surface area contributed by atoms with Crippen LogP contribution in [0.15, 0.2) is 72.9 Å². The minimum absolute atomic E-state index is 0.0884. The maximum absolute atomic E-state index is 12.8. The highest BCUT2D eigenvalue weighted by Crippen LogP contribution is 2.14. The largest absolute Gasteiger partial charge is 0.462 e. The predicted molar refractivity (Wildman–Crippen MR) is 261 cm³/mol. The van der Waals surface area contributed by atoms with Crippen LogP contribution in [0.3, 0.4) is 0 Å². The number of ether oxygens (including phenoxy) is 3. The minimum Gasteiger partial charge on any atom is -0.462 e. The van der Waals surface area contributed by atoms with Gasteiger partial charge in [-0.25, -0.2) is 0 Å². The van der Waals surface area contributed by atoms with Crippen molar-refractivity contribution in [3.63, 3.8) is 0 Å². The monoisotopic (exact) mass is 851 g/mol. The number of carbonyl (C=O) groups excluding carboxylic acids is 3. The van der Waals surface area contributed by atoms with Crippen LogP contribution in [-0.2, 0) is 28.6 Å². The molecular weight excluding hydrogens is 757 g/mol. The first-order valence-corrected chi connectivity index (χ1v) is 25.4. The molecule has 61 heavy (non-hydrogen) atoms. The minimum atomic E-state index is -0.790. The summed E-state index contributed by atoms with van der Waals surface area (Å²) in [7, 11) is 0. The van der Waals surface area contributed by atoms with E-state index in [4.69, 9.17) is 14.2 Å². The number of carbonyl (C=O) groups is 3. The molecule has 350 valence electrons. The fraction of sp³-hybridized carbons (Fsp3) is 0.727. The van der Waals surface area contributed by atoms with Crippen molar-refractivity contribution >= 4 is 17.9 Å². The Morgan fingerprint density at radius 3 is 1.03 bits per heavy atom. The van der Waals surface area contributed by atoms with Crippen molar-refractivity contribution in [3.05, 3.63) is 72.9 Å². The van der Waals surface area contributed by atoms with Crippen LogP contribution in [0.4, 0.5) is 0 Å². The number of hydrogen-bond donors (Lipinski definition) is 0. The van der Waals surface area contributed by atoms with Gasteiger partial charge in [-0.15, -0.1) is 0 Å². The lowest BCUT2D eigenvalue weighted by atomic mass is 10.1. The van der Waals surface area contributed by atoms with E-state index < -0.39 is 6.10 Å². The first-order valence-electron chi connectivity index (χ1n) is 25.4. The molecule has 0 aliphatic carbocycles. The molecule has 0 aliphatic rings. The topological polar surface area (TPSA) is 78.9 Å². The molecule has 0 aromatic carbocycles. The SMILES string of the molecule is CC/C=C\C/C=C\C/C=C\C/C=C\C/C=C\CCCCCC(=O)OC[C@@H](COC(=O)CCCCCCCCCCC)OC(=O)CCCCCCC/C=C\CCCCCCCC. The second kappa shape index (κ2) is 49.5. The number of unbranched alkanes of at least 4 members (excludes halogenated alkanes) is 22. The summed E-state index contributed by atoms with van der Waals surface area (Å²) in [5, 5.41) is 0. The number of hydrogen-bond acceptors (Lipinski definition) is 6. The Morgan fingerprint density at radius 2 is 0.639 bits per heavy atom. The summed E-state index contributed by atoms with van der Waals surface area (Å²) >= 11 is 0. The lowest BCUT2D eigenvalue weighted by molar-refractivity contribution is -0.167. The van der Waals surface area contributed by atoms with Gasteiger partial charge >= 0.3 is 17.9 Å². The van der Waals surface area contributed by atoms with Gasteiger partial charge in [-0.05, 0) is 89.9 Å². The summed E-state index contributed by atoms with van der Waals surface area (Å²) in [6.07, 6.45) is 61.7. The first kappa shape index (κ1) is 57.9. The third-order valence-corrected chi connectivity index (χ3v) is 10.7. The highest BCUT2D eigenvalue weighted by Gasteiger charge is 2.19. The average molecular weight is 851 g/mol. The zero-order valence-corrected chi connectivity index (χ0v) is 39.9. The van der Waals surface area contributed by atoms with E-state index in [0.29, 0.717) is 19.3 Å². The molecule has 0 rings (SSSR count). The molecule has 6 heteroatoms. The lowest BCUT2D eigenvalue weighted by Gasteiger charge is -2.18. The van der Waals surface area contributed by atoms with Crippen LogP contribution in [0.1, 0.15) is 239 Å². The molecule has 0 fully saturated rings. The number of allylic oxidation sites excluding steroid dienone is 12. The van der Waals surface area contributed by atoms with Gasteiger partial charge in [0.1, 0.15) is 13.2 Å². The van der Waals surface area contributed by atoms with Crippen molar-refractivity contribution in [2.45, 2.75) is 245 Å². The molecular formula is C55H94O6. The average Bonchev–Trinajstić information content (AvgIpc) is 3.26. The summed E-state index contributed by atoms with van der Waals surface area (Å²) in [4.78, 5) is 37.9. The fourth-order valence-electron chi connectivity index (χ4n) is 6.87. The quantitative estimate of drug-likeness (QED) is 0.0263. The summed E-state index contributed by atoms with van der Waals surface area (Å²) in [6, 6.07) is 0. The van der Waals surface area contributed by atoms with E-state index in [1.807, 2.05) is 0 Å². The molecule has 0 spiro atoms. The van der Waals surface area contributed by atoms with Crippen LogP contribution < -0.4 is 0 Å². The molecule has 0 radical (unpaired) electrons. The van der Waals surface area contributed by atoms with Crippen LogP contribution in [0.25, 0.3) is 0 Å². The highest BCUT2D eigenvalue weighted by atomic mass is 16.6. The maximum Gasteiger partial charge on any atom is 0.306 e. The molecule has 0 bridgehead atoms. The normalized spacial score (nSPS) is 12.6. The van der Waals surface area contributed by atoms with Crippen molar-refractivity contribution in [2.24, 2.45) is 0 Å². The number of esters is 3. The summed E-state index contributed by atoms with van der Waals surface area (Å²) in [6.45, 7) is 6.46. The third-order valence-electron chi connectivity index (χ3n) is 10.7. The standard InChI is InChI=1S/C55H94O6/c1-4-7-10-13-16-19-21-23-25-26-27-28-30-31-33-36-39-42-45-48-54(57)60-51-52(50-59-53(56)47-44-41-38-35-18-15-12-9-6-3)61-55(58)49-46-43-40-37-34-32-29-24-22-20-17-14-11-8-5-2/h7,10,16,19,23-25,27-29,31,33,52H,4-6,8-9,11-15,17-18,20-22,26,30,32,34-51H2,1-3H3/b10-7-,19-16-,25-23-,28-27-,29-24-,33-31-/t52-/m1/s1. The van der Waals surface area contributed by atoms with E-state index in [0.717, 1.165) is 109 Å². The summed E-state index contributed by atoms with van der Waals surface area (Å²) < 4.78 is 16.7. The molecule has 0 unspecified atom stereocenters. The van der Waals surface area contributed by atoms with E-state index in [1.165, 1.54) is 89.9 Å². The van der Waals surface area contributed by atoms with E-state index in [9.17, 15) is 14.4 Å². The molecule has 6 nitrogen and oxygen atoms in total. The van der Waals surface area contributed by atoms with Gasteiger partial charge in [-0.1, -0.05) is 203 Å². The second-order valence-electron chi connectivity index (χ2n) is 16.7. The van der Waals surface area contributed by atoms with Gasteiger partial charge in [0.25, 0.3) is 0 Å². The van der Waals surface area contributed by atoms with E-state index >= 15 is 0 Å². The molecule has 0 N–H and O–H groups in total. The Hall–Kier alpha value is -3.15. The van der Waals surface area contributed by atoms with Gasteiger partial charge in [0.15, 0.2) is 6.10 Å². The van der Waals surface area contributed by atoms with Gasteiger partial charge in [-0.3, -0.25) is 14.4 Å². The van der Waals surface area contributed by atoms with Crippen molar-refractivity contribution in [2.75, 3.05) is 13.2 Å². The Morgan fingerprint density at radius 1 is 0.344 bits per heavy atom. The van der Waals surface area contributed by atoms with Crippen molar-refractivity contribution in [1.29, 1.82) is 0 Å². The fourth-order valence-corrected chi connectivity index (χ4v) is 6.87. The second-order valence-corrected chi connectivity index (χ2v) is 16.7. The lowest BCUT2D eigenvalue weighted by Crippen LogP contribution is -2.30. The molecule has 0 amide bonds. The van der Waals surface area contributed by atoms with Crippen LogP contribution >= 0.6 is 0 Å². The van der Waals surface area contributed by atoms with Crippen molar-refractivity contribution in [1.82, 2.24) is 0 Å². The van der Waals surface area contributed by atoms with Crippen LogP contribution in [0.5, 0.6) is 0 Å². The van der Waals surface area contributed by atoms with E-state index in [2.05, 4.69) is 93.7 Å². The Bertz CT molecular complexity index is 1160. The van der Waals surface area contributed by atoms with Gasteiger partial charge in [-0.2, -0.15) is 0 Å². The smallest absolute Gasteiger partial charge is 0.306 e. The van der Waals surface area contributed by atoms with Gasteiger partial charge in [0, 0.05) is 19.3 Å². The molecule has 0 aromatic rings. The van der Waals surface area contributed by atoms with Crippen LogP contribution in [0, 0.1) is 0 Å². The highest BCUT2D eigenvalue weighted by molar-refractivity contribution is 5.71. The van der Waals surface area contributed by atoms with Crippen molar-refractivity contribution < 1.29 is 28.6 Å². The molecule has 0 aromatic heterocycles. The molecule has 1 atom stereocenters. The summed E-state index contributed by atoms with van der Waals surface area (Å²) in [5.74, 6) is -0.932. The van der Waals surface area contributed by atoms with Gasteiger partial charge < -0.3 is 14.2 Å². The molecule has 0 saturated heterocycles. The molecule has 0 saturated carbocycles. The van der Waals surface area contributed by atoms with Gasteiger partial charge in [0.05, 0.1) is 0 Å². The first-order chi connectivity index (χ1) is 30.0. The van der Waals surface area contributed by atoms with Crippen LogP contribution in [0.2, 0.25) is 0 Å². The third kappa shape index (κ3) is 47.7. The Kier molecular flexibility index (Phi) is 46.9. The number of rotatable bonds is 45. The maximum atomic E-state index is 12.8.